The molecule has 0 spiro atoms. The number of rotatable bonds is 0. The van der Waals surface area contributed by atoms with Gasteiger partial charge in [0.2, 0.25) is 5.56 Å². The first-order valence-corrected chi connectivity index (χ1v) is 2.93. The van der Waals surface area contributed by atoms with Gasteiger partial charge in [-0.25, -0.2) is 0 Å². The highest BCUT2D eigenvalue weighted by Crippen LogP contribution is 2.01. The normalized spacial score (nSPS) is 9.56. The lowest BCUT2D eigenvalue weighted by atomic mass is 10.3. The molecule has 9 heavy (non-hydrogen) atoms. The minimum Gasteiger partial charge on any atom is -0.313 e. The number of halogens is 1. The van der Waals surface area contributed by atoms with Crippen molar-refractivity contribution >= 4 is 11.6 Å². The standard InChI is InChI=1S/C6H6ClNO/c1-4-2-5(7)8-6(9)3-4/h2-3H,1H3,(H,8,9). The first kappa shape index (κ1) is 6.36. The number of aromatic nitrogens is 1. The Bertz CT molecular complexity index is 243. The van der Waals surface area contributed by atoms with Gasteiger partial charge >= 0.3 is 0 Å². The Kier molecular flexibility index (Phi) is 1.58. The third-order valence-electron chi connectivity index (χ3n) is 0.956. The van der Waals surface area contributed by atoms with E-state index in [4.69, 9.17) is 11.6 Å². The summed E-state index contributed by atoms with van der Waals surface area (Å²) >= 11 is 5.49. The summed E-state index contributed by atoms with van der Waals surface area (Å²) in [5.41, 5.74) is 0.726. The highest BCUT2D eigenvalue weighted by Gasteiger charge is 1.88. The summed E-state index contributed by atoms with van der Waals surface area (Å²) in [4.78, 5) is 13.0. The number of H-pyrrole nitrogens is 1. The molecule has 0 saturated heterocycles. The van der Waals surface area contributed by atoms with Crippen LogP contribution in [-0.4, -0.2) is 4.98 Å². The van der Waals surface area contributed by atoms with Gasteiger partial charge in [-0.05, 0) is 18.6 Å². The molecular weight excluding hydrogens is 138 g/mol. The van der Waals surface area contributed by atoms with Crippen LogP contribution in [0.5, 0.6) is 0 Å². The van der Waals surface area contributed by atoms with Crippen LogP contribution < -0.4 is 5.56 Å². The third kappa shape index (κ3) is 1.57. The second-order valence-electron chi connectivity index (χ2n) is 1.87. The molecule has 0 aliphatic rings. The average Bonchev–Trinajstić information content (AvgIpc) is 1.59. The van der Waals surface area contributed by atoms with Crippen molar-refractivity contribution in [2.75, 3.05) is 0 Å². The van der Waals surface area contributed by atoms with Gasteiger partial charge in [0.05, 0.1) is 0 Å². The van der Waals surface area contributed by atoms with E-state index in [1.165, 1.54) is 6.07 Å². The van der Waals surface area contributed by atoms with Gasteiger partial charge in [0.25, 0.3) is 0 Å². The summed E-state index contributed by atoms with van der Waals surface area (Å²) < 4.78 is 0. The molecule has 0 radical (unpaired) electrons. The van der Waals surface area contributed by atoms with Gasteiger partial charge in [-0.1, -0.05) is 11.6 Å². The second-order valence-corrected chi connectivity index (χ2v) is 2.28. The van der Waals surface area contributed by atoms with E-state index < -0.39 is 0 Å². The lowest BCUT2D eigenvalue weighted by Crippen LogP contribution is -2.03. The van der Waals surface area contributed by atoms with Gasteiger partial charge in [-0.15, -0.1) is 0 Å². The van der Waals surface area contributed by atoms with Crippen LogP contribution in [0.2, 0.25) is 5.15 Å². The molecule has 0 amide bonds. The molecule has 48 valence electrons. The molecule has 0 aliphatic heterocycles. The van der Waals surface area contributed by atoms with Crippen LogP contribution in [0.25, 0.3) is 0 Å². The van der Waals surface area contributed by atoms with Gasteiger partial charge in [-0.2, -0.15) is 0 Å². The Morgan fingerprint density at radius 2 is 2.22 bits per heavy atom. The van der Waals surface area contributed by atoms with Gasteiger partial charge in [0.1, 0.15) is 5.15 Å². The molecule has 0 fully saturated rings. The summed E-state index contributed by atoms with van der Waals surface area (Å²) in [6.07, 6.45) is 0. The molecule has 1 heterocycles. The van der Waals surface area contributed by atoms with Crippen molar-refractivity contribution < 1.29 is 0 Å². The third-order valence-corrected chi connectivity index (χ3v) is 1.16. The molecule has 1 aromatic heterocycles. The first-order valence-electron chi connectivity index (χ1n) is 2.55. The Morgan fingerprint density at radius 3 is 2.67 bits per heavy atom. The second kappa shape index (κ2) is 2.23. The van der Waals surface area contributed by atoms with Crippen LogP contribution in [0.1, 0.15) is 5.56 Å². The summed E-state index contributed by atoms with van der Waals surface area (Å²) in [6, 6.07) is 3.19. The number of nitrogens with one attached hydrogen (secondary N) is 1. The first-order chi connectivity index (χ1) is 4.18. The zero-order valence-corrected chi connectivity index (χ0v) is 5.70. The quantitative estimate of drug-likeness (QED) is 0.547. The van der Waals surface area contributed by atoms with E-state index in [0.29, 0.717) is 5.15 Å². The fraction of sp³-hybridized carbons (Fsp3) is 0.167. The predicted octanol–water partition coefficient (Wildman–Crippen LogP) is 1.34. The minimum atomic E-state index is -0.153. The van der Waals surface area contributed by atoms with E-state index in [1.807, 2.05) is 6.92 Å². The zero-order valence-electron chi connectivity index (χ0n) is 4.94. The fourth-order valence-corrected chi connectivity index (χ4v) is 0.903. The molecule has 3 heteroatoms. The largest absolute Gasteiger partial charge is 0.313 e. The number of pyridine rings is 1. The maximum absolute atomic E-state index is 10.6. The van der Waals surface area contributed by atoms with Gasteiger partial charge in [0.15, 0.2) is 0 Å². The van der Waals surface area contributed by atoms with Crippen LogP contribution in [0.15, 0.2) is 16.9 Å². The Morgan fingerprint density at radius 1 is 1.56 bits per heavy atom. The maximum Gasteiger partial charge on any atom is 0.249 e. The lowest BCUT2D eigenvalue weighted by Gasteiger charge is -1.89. The van der Waals surface area contributed by atoms with E-state index in [-0.39, 0.29) is 5.56 Å². The monoisotopic (exact) mass is 143 g/mol. The van der Waals surface area contributed by atoms with Crippen molar-refractivity contribution in [2.45, 2.75) is 6.92 Å². The van der Waals surface area contributed by atoms with Gasteiger partial charge < -0.3 is 4.98 Å². The van der Waals surface area contributed by atoms with Gasteiger partial charge in [0, 0.05) is 6.07 Å². The van der Waals surface area contributed by atoms with E-state index in [0.717, 1.165) is 5.56 Å². The topological polar surface area (TPSA) is 32.9 Å². The van der Waals surface area contributed by atoms with E-state index in [1.54, 1.807) is 6.07 Å². The van der Waals surface area contributed by atoms with Crippen LogP contribution in [0.4, 0.5) is 0 Å². The Hall–Kier alpha value is -0.760. The number of aryl methyl sites for hydroxylation is 1. The molecule has 0 bridgehead atoms. The van der Waals surface area contributed by atoms with Crippen molar-refractivity contribution in [1.29, 1.82) is 0 Å². The molecule has 0 aromatic carbocycles. The molecule has 2 nitrogen and oxygen atoms in total. The van der Waals surface area contributed by atoms with Crippen LogP contribution in [0, 0.1) is 6.92 Å². The summed E-state index contributed by atoms with van der Waals surface area (Å²) in [7, 11) is 0. The molecule has 1 aromatic rings. The van der Waals surface area contributed by atoms with Crippen molar-refractivity contribution in [3.05, 3.63) is 33.2 Å². The number of hydrogen-bond donors (Lipinski definition) is 1. The van der Waals surface area contributed by atoms with Crippen molar-refractivity contribution in [3.8, 4) is 0 Å². The molecule has 0 atom stereocenters. The molecule has 1 rings (SSSR count). The molecular formula is C6H6ClNO. The SMILES string of the molecule is Cc1cc(Cl)[nH]c(=O)c1. The Balaban J connectivity index is 3.33. The van der Waals surface area contributed by atoms with Crippen molar-refractivity contribution in [3.63, 3.8) is 0 Å². The van der Waals surface area contributed by atoms with Crippen LogP contribution >= 0.6 is 11.6 Å². The highest BCUT2D eigenvalue weighted by atomic mass is 35.5. The summed E-state index contributed by atoms with van der Waals surface area (Å²) in [5.74, 6) is 0. The highest BCUT2D eigenvalue weighted by molar-refractivity contribution is 6.29. The molecule has 1 N–H and O–H groups in total. The van der Waals surface area contributed by atoms with Crippen molar-refractivity contribution in [1.82, 2.24) is 4.98 Å². The lowest BCUT2D eigenvalue weighted by molar-refractivity contribution is 1.21. The summed E-state index contributed by atoms with van der Waals surface area (Å²) in [6.45, 7) is 1.82. The number of hydrogen-bond acceptors (Lipinski definition) is 1. The Labute approximate surface area is 57.5 Å². The predicted molar refractivity (Wildman–Crippen MR) is 36.8 cm³/mol. The van der Waals surface area contributed by atoms with Crippen LogP contribution in [-0.2, 0) is 0 Å². The zero-order chi connectivity index (χ0) is 6.85. The van der Waals surface area contributed by atoms with Gasteiger partial charge in [-0.3, -0.25) is 4.79 Å². The summed E-state index contributed by atoms with van der Waals surface area (Å²) in [5, 5.41) is 0.389. The van der Waals surface area contributed by atoms with E-state index in [2.05, 4.69) is 4.98 Å². The van der Waals surface area contributed by atoms with Crippen LogP contribution in [0.3, 0.4) is 0 Å². The minimum absolute atomic E-state index is 0.153. The number of aromatic amines is 1. The maximum atomic E-state index is 10.6. The average molecular weight is 144 g/mol. The van der Waals surface area contributed by atoms with Crippen molar-refractivity contribution in [2.24, 2.45) is 0 Å². The molecule has 0 saturated carbocycles. The van der Waals surface area contributed by atoms with E-state index in [9.17, 15) is 4.79 Å². The smallest absolute Gasteiger partial charge is 0.249 e. The van der Waals surface area contributed by atoms with E-state index >= 15 is 0 Å². The fourth-order valence-electron chi connectivity index (χ4n) is 0.638. The molecule has 0 unspecified atom stereocenters. The molecule has 0 aliphatic carbocycles.